The molecule has 0 unspecified atom stereocenters. The van der Waals surface area contributed by atoms with Crippen LogP contribution in [0.25, 0.3) is 28.0 Å². The lowest BCUT2D eigenvalue weighted by atomic mass is 10.1. The molecule has 6 aromatic rings. The number of methoxy groups -OCH3 is 1. The van der Waals surface area contributed by atoms with Gasteiger partial charge in [-0.1, -0.05) is 42.5 Å². The van der Waals surface area contributed by atoms with Gasteiger partial charge in [-0.15, -0.1) is 0 Å². The van der Waals surface area contributed by atoms with Gasteiger partial charge < -0.3 is 29.8 Å². The number of halogens is 1. The van der Waals surface area contributed by atoms with E-state index >= 15 is 4.39 Å². The van der Waals surface area contributed by atoms with Crippen LogP contribution in [0.4, 0.5) is 15.0 Å². The largest absolute Gasteiger partial charge is 0.497 e. The van der Waals surface area contributed by atoms with E-state index in [1.165, 1.54) is 12.4 Å². The van der Waals surface area contributed by atoms with Crippen LogP contribution in [-0.4, -0.2) is 27.7 Å². The Kier molecular flexibility index (Phi) is 8.28. The van der Waals surface area contributed by atoms with Crippen molar-refractivity contribution in [2.24, 2.45) is 5.73 Å². The van der Waals surface area contributed by atoms with Crippen molar-refractivity contribution < 1.29 is 23.4 Å². The summed E-state index contributed by atoms with van der Waals surface area (Å²) in [4.78, 5) is 20.5. The lowest BCUT2D eigenvalue weighted by Gasteiger charge is -2.16. The second-order valence-electron chi connectivity index (χ2n) is 10.3. The number of ether oxygens (including phenoxy) is 3. The summed E-state index contributed by atoms with van der Waals surface area (Å²) in [7, 11) is 1.63. The van der Waals surface area contributed by atoms with Gasteiger partial charge in [-0.05, 0) is 72.1 Å². The lowest BCUT2D eigenvalue weighted by molar-refractivity contribution is 0.211. The second-order valence-corrected chi connectivity index (χ2v) is 10.3. The molecule has 0 aliphatic carbocycles. The fourth-order valence-corrected chi connectivity index (χ4v) is 5.20. The molecule has 0 bridgehead atoms. The Hall–Kier alpha value is -5.90. The summed E-state index contributed by atoms with van der Waals surface area (Å²) in [6.07, 6.45) is 0.603. The molecule has 0 radical (unpaired) electrons. The molecule has 2 aromatic heterocycles. The number of rotatable bonds is 10. The van der Waals surface area contributed by atoms with E-state index in [1.807, 2.05) is 78.2 Å². The number of nitrogens with one attached hydrogen (secondary N) is 1. The van der Waals surface area contributed by atoms with Crippen molar-refractivity contribution in [2.75, 3.05) is 12.4 Å². The van der Waals surface area contributed by atoms with E-state index in [0.717, 1.165) is 33.7 Å². The molecule has 0 saturated carbocycles. The third-order valence-electron chi connectivity index (χ3n) is 7.36. The van der Waals surface area contributed by atoms with Crippen LogP contribution in [0, 0.1) is 12.7 Å². The number of aryl methyl sites for hydroxylation is 1. The quantitative estimate of drug-likeness (QED) is 0.170. The van der Waals surface area contributed by atoms with Crippen LogP contribution < -0.4 is 25.3 Å². The molecule has 4 aromatic carbocycles. The van der Waals surface area contributed by atoms with Crippen LogP contribution >= 0.6 is 0 Å². The highest BCUT2D eigenvalue weighted by Gasteiger charge is 2.23. The molecule has 0 aliphatic rings. The Balaban J connectivity index is 1.44. The predicted molar refractivity (Wildman–Crippen MR) is 170 cm³/mol. The Morgan fingerprint density at radius 1 is 0.911 bits per heavy atom. The fraction of sp³-hybridized carbons (Fsp3) is 0.114. The molecule has 45 heavy (non-hydrogen) atoms. The van der Waals surface area contributed by atoms with Crippen molar-refractivity contribution >= 4 is 22.9 Å². The Morgan fingerprint density at radius 3 is 2.33 bits per heavy atom. The van der Waals surface area contributed by atoms with E-state index in [-0.39, 0.29) is 12.4 Å². The summed E-state index contributed by atoms with van der Waals surface area (Å²) in [5, 5.41) is 3.44. The van der Waals surface area contributed by atoms with E-state index in [2.05, 4.69) is 15.3 Å². The summed E-state index contributed by atoms with van der Waals surface area (Å²) >= 11 is 0. The first-order valence-corrected chi connectivity index (χ1v) is 14.2. The molecule has 0 spiro atoms. The first-order chi connectivity index (χ1) is 21.9. The number of primary amides is 1. The molecular formula is C35H30FN5O4. The topological polar surface area (TPSA) is 114 Å². The first-order valence-electron chi connectivity index (χ1n) is 14.2. The standard InChI is InChI=1S/C35H30FN5O4/c1-22-31-33(34(40-21-39-31)38-19-23-8-13-27(43-2)14-9-23)41(32(22)25-10-15-28(16-11-25)45-35(37)42)26-12-17-30(29(36)18-26)44-20-24-6-4-3-5-7-24/h3-18,21H,19-20H2,1-2H3,(H2,37,42)(H,38,39,40). The van der Waals surface area contributed by atoms with E-state index in [0.29, 0.717) is 34.8 Å². The maximum absolute atomic E-state index is 15.6. The molecule has 10 heteroatoms. The van der Waals surface area contributed by atoms with Crippen molar-refractivity contribution in [1.29, 1.82) is 0 Å². The minimum absolute atomic E-state index is 0.138. The van der Waals surface area contributed by atoms with Crippen molar-refractivity contribution in [2.45, 2.75) is 20.1 Å². The van der Waals surface area contributed by atoms with Gasteiger partial charge >= 0.3 is 6.09 Å². The van der Waals surface area contributed by atoms with Gasteiger partial charge in [0, 0.05) is 23.9 Å². The van der Waals surface area contributed by atoms with Crippen LogP contribution in [0.3, 0.4) is 0 Å². The number of aromatic nitrogens is 3. The second kappa shape index (κ2) is 12.8. The number of fused-ring (bicyclic) bond motifs is 1. The van der Waals surface area contributed by atoms with Crippen molar-refractivity contribution in [3.8, 4) is 34.2 Å². The van der Waals surface area contributed by atoms with Crippen LogP contribution in [-0.2, 0) is 13.2 Å². The zero-order valence-electron chi connectivity index (χ0n) is 24.7. The number of carbonyl (C=O) groups is 1. The van der Waals surface area contributed by atoms with E-state index in [4.69, 9.17) is 19.9 Å². The molecule has 6 rings (SSSR count). The van der Waals surface area contributed by atoms with Gasteiger partial charge in [0.2, 0.25) is 0 Å². The van der Waals surface area contributed by atoms with Crippen molar-refractivity contribution in [3.63, 3.8) is 0 Å². The third kappa shape index (κ3) is 6.25. The third-order valence-corrected chi connectivity index (χ3v) is 7.36. The van der Waals surface area contributed by atoms with Gasteiger partial charge in [0.25, 0.3) is 0 Å². The fourth-order valence-electron chi connectivity index (χ4n) is 5.20. The van der Waals surface area contributed by atoms with Crippen molar-refractivity contribution in [3.05, 3.63) is 126 Å². The SMILES string of the molecule is COc1ccc(CNc2ncnc3c(C)c(-c4ccc(OC(N)=O)cc4)n(-c4ccc(OCc5ccccc5)c(F)c4)c23)cc1. The number of benzene rings is 4. The molecule has 2 heterocycles. The minimum Gasteiger partial charge on any atom is -0.497 e. The highest BCUT2D eigenvalue weighted by atomic mass is 19.1. The van der Waals surface area contributed by atoms with E-state index in [9.17, 15) is 4.79 Å². The van der Waals surface area contributed by atoms with Gasteiger partial charge in [0.15, 0.2) is 17.4 Å². The Labute approximate surface area is 259 Å². The monoisotopic (exact) mass is 603 g/mol. The molecule has 0 fully saturated rings. The number of hydrogen-bond donors (Lipinski definition) is 2. The number of hydrogen-bond acceptors (Lipinski definition) is 7. The smallest absolute Gasteiger partial charge is 0.409 e. The summed E-state index contributed by atoms with van der Waals surface area (Å²) in [5.41, 5.74) is 11.5. The number of anilines is 1. The number of nitrogens with zero attached hydrogens (tertiary/aromatic N) is 3. The molecule has 0 saturated heterocycles. The highest BCUT2D eigenvalue weighted by molar-refractivity contribution is 5.96. The molecule has 9 nitrogen and oxygen atoms in total. The van der Waals surface area contributed by atoms with E-state index < -0.39 is 11.9 Å². The number of amides is 1. The van der Waals surface area contributed by atoms with Gasteiger partial charge in [0.05, 0.1) is 18.3 Å². The molecule has 3 N–H and O–H groups in total. The molecule has 226 valence electrons. The summed E-state index contributed by atoms with van der Waals surface area (Å²) in [5.74, 6) is 1.27. The highest BCUT2D eigenvalue weighted by Crippen LogP contribution is 2.39. The first kappa shape index (κ1) is 29.2. The van der Waals surface area contributed by atoms with Gasteiger partial charge in [-0.2, -0.15) is 0 Å². The van der Waals surface area contributed by atoms with Crippen LogP contribution in [0.15, 0.2) is 103 Å². The Morgan fingerprint density at radius 2 is 1.64 bits per heavy atom. The average molecular weight is 604 g/mol. The van der Waals surface area contributed by atoms with Gasteiger partial charge in [-0.3, -0.25) is 0 Å². The summed E-state index contributed by atoms with van der Waals surface area (Å²) in [6, 6.07) is 29.1. The zero-order chi connectivity index (χ0) is 31.3. The average Bonchev–Trinajstić information content (AvgIpc) is 3.36. The number of nitrogens with two attached hydrogens (primary N) is 1. The van der Waals surface area contributed by atoms with Gasteiger partial charge in [-0.25, -0.2) is 19.2 Å². The summed E-state index contributed by atoms with van der Waals surface area (Å²) < 4.78 is 33.7. The van der Waals surface area contributed by atoms with Crippen molar-refractivity contribution in [1.82, 2.24) is 14.5 Å². The minimum atomic E-state index is -0.902. The zero-order valence-corrected chi connectivity index (χ0v) is 24.7. The maximum atomic E-state index is 15.6. The lowest BCUT2D eigenvalue weighted by Crippen LogP contribution is -2.16. The predicted octanol–water partition coefficient (Wildman–Crippen LogP) is 7.19. The maximum Gasteiger partial charge on any atom is 0.409 e. The van der Waals surface area contributed by atoms with Gasteiger partial charge in [0.1, 0.15) is 29.9 Å². The molecule has 1 amide bonds. The van der Waals surface area contributed by atoms with Crippen LogP contribution in [0.2, 0.25) is 0 Å². The number of carbonyl (C=O) groups excluding carboxylic acids is 1. The normalized spacial score (nSPS) is 10.9. The molecule has 0 atom stereocenters. The molecular weight excluding hydrogens is 573 g/mol. The van der Waals surface area contributed by atoms with Crippen LogP contribution in [0.1, 0.15) is 16.7 Å². The Bertz CT molecular complexity index is 1960. The van der Waals surface area contributed by atoms with E-state index in [1.54, 1.807) is 31.4 Å². The summed E-state index contributed by atoms with van der Waals surface area (Å²) in [6.45, 7) is 2.67. The molecule has 0 aliphatic heterocycles. The van der Waals surface area contributed by atoms with Crippen LogP contribution in [0.5, 0.6) is 17.2 Å².